The number of hydrogen-bond donors (Lipinski definition) is 1. The van der Waals surface area contributed by atoms with Crippen LogP contribution in [0.25, 0.3) is 11.3 Å². The van der Waals surface area contributed by atoms with Gasteiger partial charge in [-0.3, -0.25) is 4.79 Å². The van der Waals surface area contributed by atoms with Crippen LogP contribution in [0.1, 0.15) is 23.7 Å². The van der Waals surface area contributed by atoms with Crippen LogP contribution in [0.2, 0.25) is 0 Å². The second kappa shape index (κ2) is 8.62. The standard InChI is InChI=1S/C24H25FN2O2/c25-22-9-5-4-8-20(22)23-12-10-19(29-23)11-13-24(28)27-15-18(14-26)21(16-27)17-6-2-1-3-7-17/h1-10,12,18,21H,11,13-16,26H2/t18-,21+/m1/s1. The molecule has 5 heteroatoms. The zero-order valence-electron chi connectivity index (χ0n) is 16.3. The number of likely N-dealkylation sites (tertiary alicyclic amines) is 1. The van der Waals surface area contributed by atoms with Crippen molar-refractivity contribution in [2.24, 2.45) is 11.7 Å². The van der Waals surface area contributed by atoms with E-state index in [1.807, 2.05) is 29.2 Å². The molecule has 2 N–H and O–H groups in total. The molecule has 1 saturated heterocycles. The van der Waals surface area contributed by atoms with E-state index in [1.54, 1.807) is 24.3 Å². The molecule has 1 amide bonds. The lowest BCUT2D eigenvalue weighted by atomic mass is 9.89. The first-order valence-corrected chi connectivity index (χ1v) is 10.0. The summed E-state index contributed by atoms with van der Waals surface area (Å²) in [5, 5.41) is 0. The molecule has 29 heavy (non-hydrogen) atoms. The number of nitrogens with two attached hydrogens (primary N) is 1. The average molecular weight is 392 g/mol. The minimum Gasteiger partial charge on any atom is -0.461 e. The fraction of sp³-hybridized carbons (Fsp3) is 0.292. The van der Waals surface area contributed by atoms with E-state index in [2.05, 4.69) is 12.1 Å². The fourth-order valence-corrected chi connectivity index (χ4v) is 4.10. The number of nitrogens with zero attached hydrogens (tertiary/aromatic N) is 1. The summed E-state index contributed by atoms with van der Waals surface area (Å²) in [5.41, 5.74) is 7.64. The Hall–Kier alpha value is -2.92. The third-order valence-electron chi connectivity index (χ3n) is 5.71. The number of aryl methyl sites for hydroxylation is 1. The van der Waals surface area contributed by atoms with Crippen molar-refractivity contribution in [2.45, 2.75) is 18.8 Å². The van der Waals surface area contributed by atoms with E-state index < -0.39 is 0 Å². The number of amides is 1. The molecule has 1 aliphatic rings. The van der Waals surface area contributed by atoms with Gasteiger partial charge in [0.15, 0.2) is 0 Å². The summed E-state index contributed by atoms with van der Waals surface area (Å²) in [6, 6.07) is 20.3. The molecule has 0 bridgehead atoms. The van der Waals surface area contributed by atoms with Crippen molar-refractivity contribution in [2.75, 3.05) is 19.6 Å². The van der Waals surface area contributed by atoms with Gasteiger partial charge in [-0.25, -0.2) is 4.39 Å². The quantitative estimate of drug-likeness (QED) is 0.683. The molecule has 1 aromatic heterocycles. The van der Waals surface area contributed by atoms with E-state index in [0.717, 1.165) is 0 Å². The van der Waals surface area contributed by atoms with Crippen LogP contribution in [0.5, 0.6) is 0 Å². The molecule has 150 valence electrons. The van der Waals surface area contributed by atoms with Crippen LogP contribution < -0.4 is 5.73 Å². The summed E-state index contributed by atoms with van der Waals surface area (Å²) in [4.78, 5) is 14.7. The first-order chi connectivity index (χ1) is 14.2. The summed E-state index contributed by atoms with van der Waals surface area (Å²) < 4.78 is 19.7. The van der Waals surface area contributed by atoms with Crippen LogP contribution in [0, 0.1) is 11.7 Å². The third-order valence-corrected chi connectivity index (χ3v) is 5.71. The Bertz CT molecular complexity index is 970. The Balaban J connectivity index is 1.37. The van der Waals surface area contributed by atoms with Crippen LogP contribution in [-0.4, -0.2) is 30.4 Å². The monoisotopic (exact) mass is 392 g/mol. The number of hydrogen-bond acceptors (Lipinski definition) is 3. The zero-order valence-corrected chi connectivity index (χ0v) is 16.3. The van der Waals surface area contributed by atoms with Crippen LogP contribution in [-0.2, 0) is 11.2 Å². The van der Waals surface area contributed by atoms with E-state index >= 15 is 0 Å². The van der Waals surface area contributed by atoms with Gasteiger partial charge >= 0.3 is 0 Å². The van der Waals surface area contributed by atoms with E-state index in [4.69, 9.17) is 10.2 Å². The van der Waals surface area contributed by atoms with Gasteiger partial charge in [-0.1, -0.05) is 42.5 Å². The molecule has 2 heterocycles. The minimum absolute atomic E-state index is 0.103. The maximum atomic E-state index is 13.9. The zero-order chi connectivity index (χ0) is 20.2. The van der Waals surface area contributed by atoms with E-state index in [0.29, 0.717) is 49.6 Å². The van der Waals surface area contributed by atoms with Gasteiger partial charge in [0.2, 0.25) is 5.91 Å². The highest BCUT2D eigenvalue weighted by molar-refractivity contribution is 5.77. The molecular formula is C24H25FN2O2. The molecule has 0 unspecified atom stereocenters. The van der Waals surface area contributed by atoms with Crippen molar-refractivity contribution in [3.63, 3.8) is 0 Å². The topological polar surface area (TPSA) is 59.5 Å². The molecule has 3 aromatic rings. The highest BCUT2D eigenvalue weighted by Gasteiger charge is 2.34. The second-order valence-corrected chi connectivity index (χ2v) is 7.56. The van der Waals surface area contributed by atoms with Crippen LogP contribution >= 0.6 is 0 Å². The summed E-state index contributed by atoms with van der Waals surface area (Å²) in [6.07, 6.45) is 0.857. The lowest BCUT2D eigenvalue weighted by Crippen LogP contribution is -2.29. The van der Waals surface area contributed by atoms with E-state index in [1.165, 1.54) is 11.6 Å². The van der Waals surface area contributed by atoms with Gasteiger partial charge in [0.25, 0.3) is 0 Å². The van der Waals surface area contributed by atoms with E-state index in [9.17, 15) is 9.18 Å². The van der Waals surface area contributed by atoms with Gasteiger partial charge in [0, 0.05) is 31.8 Å². The average Bonchev–Trinajstić information content (AvgIpc) is 3.40. The lowest BCUT2D eigenvalue weighted by molar-refractivity contribution is -0.130. The largest absolute Gasteiger partial charge is 0.461 e. The van der Waals surface area contributed by atoms with Crippen molar-refractivity contribution in [3.05, 3.63) is 83.9 Å². The smallest absolute Gasteiger partial charge is 0.223 e. The Morgan fingerprint density at radius 3 is 2.55 bits per heavy atom. The Morgan fingerprint density at radius 1 is 1.03 bits per heavy atom. The van der Waals surface area contributed by atoms with Crippen LogP contribution in [0.3, 0.4) is 0 Å². The molecule has 0 saturated carbocycles. The molecule has 1 aliphatic heterocycles. The predicted octanol–water partition coefficient (Wildman–Crippen LogP) is 4.22. The number of rotatable bonds is 6. The summed E-state index contributed by atoms with van der Waals surface area (Å²) in [7, 11) is 0. The highest BCUT2D eigenvalue weighted by atomic mass is 19.1. The maximum absolute atomic E-state index is 13.9. The maximum Gasteiger partial charge on any atom is 0.223 e. The van der Waals surface area contributed by atoms with Gasteiger partial charge in [-0.2, -0.15) is 0 Å². The Morgan fingerprint density at radius 2 is 1.79 bits per heavy atom. The van der Waals surface area contributed by atoms with E-state index in [-0.39, 0.29) is 23.6 Å². The first-order valence-electron chi connectivity index (χ1n) is 10.0. The third kappa shape index (κ3) is 4.25. The lowest BCUT2D eigenvalue weighted by Gasteiger charge is -2.16. The van der Waals surface area contributed by atoms with Crippen molar-refractivity contribution in [1.29, 1.82) is 0 Å². The molecule has 0 spiro atoms. The van der Waals surface area contributed by atoms with Gasteiger partial charge in [-0.15, -0.1) is 0 Å². The fourth-order valence-electron chi connectivity index (χ4n) is 4.10. The van der Waals surface area contributed by atoms with Crippen molar-refractivity contribution in [3.8, 4) is 11.3 Å². The molecule has 0 aliphatic carbocycles. The van der Waals surface area contributed by atoms with Gasteiger partial charge in [0.1, 0.15) is 17.3 Å². The molecule has 4 rings (SSSR count). The summed E-state index contributed by atoms with van der Waals surface area (Å²) in [5.74, 6) is 1.51. The SMILES string of the molecule is NC[C@@H]1CN(C(=O)CCc2ccc(-c3ccccc3F)o2)C[C@H]1c1ccccc1. The molecule has 4 nitrogen and oxygen atoms in total. The van der Waals surface area contributed by atoms with Crippen LogP contribution in [0.15, 0.2) is 71.1 Å². The van der Waals surface area contributed by atoms with Crippen molar-refractivity contribution < 1.29 is 13.6 Å². The predicted molar refractivity (Wildman–Crippen MR) is 111 cm³/mol. The molecule has 1 fully saturated rings. The highest BCUT2D eigenvalue weighted by Crippen LogP contribution is 2.32. The van der Waals surface area contributed by atoms with Crippen LogP contribution in [0.4, 0.5) is 4.39 Å². The number of carbonyl (C=O) groups is 1. The molecular weight excluding hydrogens is 367 g/mol. The normalized spacial score (nSPS) is 18.9. The second-order valence-electron chi connectivity index (χ2n) is 7.56. The molecule has 2 aromatic carbocycles. The number of benzene rings is 2. The number of carbonyl (C=O) groups excluding carboxylic acids is 1. The number of halogens is 1. The summed E-state index contributed by atoms with van der Waals surface area (Å²) in [6.45, 7) is 1.95. The Kier molecular flexibility index (Phi) is 5.76. The minimum atomic E-state index is -0.318. The Labute approximate surface area is 170 Å². The van der Waals surface area contributed by atoms with Crippen molar-refractivity contribution in [1.82, 2.24) is 4.90 Å². The van der Waals surface area contributed by atoms with Gasteiger partial charge < -0.3 is 15.1 Å². The number of furan rings is 1. The van der Waals surface area contributed by atoms with Gasteiger partial charge in [0.05, 0.1) is 5.56 Å². The summed E-state index contributed by atoms with van der Waals surface area (Å²) >= 11 is 0. The van der Waals surface area contributed by atoms with Gasteiger partial charge in [-0.05, 0) is 42.3 Å². The first kappa shape index (κ1) is 19.4. The molecule has 0 radical (unpaired) electrons. The molecule has 2 atom stereocenters. The van der Waals surface area contributed by atoms with Crippen molar-refractivity contribution >= 4 is 5.91 Å².